The van der Waals surface area contributed by atoms with Gasteiger partial charge in [-0.1, -0.05) is 12.1 Å². The SMILES string of the molecule is CCN(CCCCS)c1cccc(C)c1. The molecular formula is C13H21NS. The molecule has 1 rings (SSSR count). The van der Waals surface area contributed by atoms with E-state index in [9.17, 15) is 0 Å². The smallest absolute Gasteiger partial charge is 0.0368 e. The van der Waals surface area contributed by atoms with Gasteiger partial charge in [0, 0.05) is 18.8 Å². The van der Waals surface area contributed by atoms with Crippen LogP contribution in [0.25, 0.3) is 0 Å². The van der Waals surface area contributed by atoms with Crippen molar-refractivity contribution in [2.45, 2.75) is 26.7 Å². The first kappa shape index (κ1) is 12.4. The number of hydrogen-bond donors (Lipinski definition) is 1. The van der Waals surface area contributed by atoms with E-state index in [1.807, 2.05) is 0 Å². The van der Waals surface area contributed by atoms with Crippen LogP contribution in [0.1, 0.15) is 25.3 Å². The molecule has 1 nitrogen and oxygen atoms in total. The Bertz CT molecular complexity index is 286. The molecule has 1 aromatic carbocycles. The Morgan fingerprint density at radius 2 is 2.07 bits per heavy atom. The lowest BCUT2D eigenvalue weighted by atomic mass is 10.2. The Morgan fingerprint density at radius 1 is 1.27 bits per heavy atom. The molecule has 0 unspecified atom stereocenters. The van der Waals surface area contributed by atoms with Crippen molar-refractivity contribution >= 4 is 18.3 Å². The summed E-state index contributed by atoms with van der Waals surface area (Å²) in [5.41, 5.74) is 2.68. The summed E-state index contributed by atoms with van der Waals surface area (Å²) in [5, 5.41) is 0. The molecule has 0 fully saturated rings. The molecule has 0 amide bonds. The number of benzene rings is 1. The average molecular weight is 223 g/mol. The Hall–Kier alpha value is -0.630. The summed E-state index contributed by atoms with van der Waals surface area (Å²) in [5.74, 6) is 0.991. The molecule has 0 aliphatic rings. The number of unbranched alkanes of at least 4 members (excludes halogenated alkanes) is 1. The third-order valence-electron chi connectivity index (χ3n) is 2.58. The molecular weight excluding hydrogens is 202 g/mol. The monoisotopic (exact) mass is 223 g/mol. The highest BCUT2D eigenvalue weighted by Gasteiger charge is 2.02. The quantitative estimate of drug-likeness (QED) is 0.570. The van der Waals surface area contributed by atoms with Crippen molar-refractivity contribution in [1.29, 1.82) is 0 Å². The molecule has 0 aromatic heterocycles. The number of rotatable bonds is 6. The van der Waals surface area contributed by atoms with Crippen LogP contribution in [0, 0.1) is 6.92 Å². The van der Waals surface area contributed by atoms with Gasteiger partial charge in [-0.05, 0) is 50.1 Å². The largest absolute Gasteiger partial charge is 0.372 e. The fraction of sp³-hybridized carbons (Fsp3) is 0.538. The first-order chi connectivity index (χ1) is 7.27. The normalized spacial score (nSPS) is 10.3. The van der Waals surface area contributed by atoms with Crippen LogP contribution in [0.15, 0.2) is 24.3 Å². The molecule has 15 heavy (non-hydrogen) atoms. The van der Waals surface area contributed by atoms with Gasteiger partial charge in [0.15, 0.2) is 0 Å². The predicted molar refractivity (Wildman–Crippen MR) is 72.2 cm³/mol. The van der Waals surface area contributed by atoms with E-state index in [-0.39, 0.29) is 0 Å². The van der Waals surface area contributed by atoms with Gasteiger partial charge < -0.3 is 4.90 Å². The molecule has 0 N–H and O–H groups in total. The van der Waals surface area contributed by atoms with E-state index in [1.165, 1.54) is 24.1 Å². The van der Waals surface area contributed by atoms with Crippen molar-refractivity contribution in [3.8, 4) is 0 Å². The molecule has 1 aromatic rings. The molecule has 0 radical (unpaired) electrons. The Kier molecular flexibility index (Phi) is 5.62. The van der Waals surface area contributed by atoms with Crippen LogP contribution in [-0.2, 0) is 0 Å². The molecule has 0 bridgehead atoms. The van der Waals surface area contributed by atoms with Crippen molar-refractivity contribution in [1.82, 2.24) is 0 Å². The maximum absolute atomic E-state index is 4.24. The van der Waals surface area contributed by atoms with Crippen LogP contribution >= 0.6 is 12.6 Å². The summed E-state index contributed by atoms with van der Waals surface area (Å²) in [6, 6.07) is 8.72. The van der Waals surface area contributed by atoms with Crippen molar-refractivity contribution in [2.75, 3.05) is 23.7 Å². The lowest BCUT2D eigenvalue weighted by Gasteiger charge is -2.23. The van der Waals surface area contributed by atoms with Gasteiger partial charge in [-0.3, -0.25) is 0 Å². The summed E-state index contributed by atoms with van der Waals surface area (Å²) in [4.78, 5) is 2.43. The molecule has 0 atom stereocenters. The van der Waals surface area contributed by atoms with E-state index in [1.54, 1.807) is 0 Å². The van der Waals surface area contributed by atoms with E-state index in [0.717, 1.165) is 18.8 Å². The van der Waals surface area contributed by atoms with E-state index in [0.29, 0.717) is 0 Å². The van der Waals surface area contributed by atoms with Gasteiger partial charge in [0.2, 0.25) is 0 Å². The molecule has 0 spiro atoms. The third-order valence-corrected chi connectivity index (χ3v) is 2.90. The summed E-state index contributed by atoms with van der Waals surface area (Å²) < 4.78 is 0. The minimum atomic E-state index is 0.991. The topological polar surface area (TPSA) is 3.24 Å². The minimum absolute atomic E-state index is 0.991. The second-order valence-electron chi connectivity index (χ2n) is 3.85. The number of thiol groups is 1. The number of nitrogens with zero attached hydrogens (tertiary/aromatic N) is 1. The highest BCUT2D eigenvalue weighted by atomic mass is 32.1. The third kappa shape index (κ3) is 4.17. The van der Waals surface area contributed by atoms with E-state index in [4.69, 9.17) is 0 Å². The fourth-order valence-corrected chi connectivity index (χ4v) is 1.93. The highest BCUT2D eigenvalue weighted by molar-refractivity contribution is 7.80. The lowest BCUT2D eigenvalue weighted by Crippen LogP contribution is -2.23. The van der Waals surface area contributed by atoms with Crippen LogP contribution in [0.4, 0.5) is 5.69 Å². The second-order valence-corrected chi connectivity index (χ2v) is 4.30. The summed E-state index contributed by atoms with van der Waals surface area (Å²) in [6.07, 6.45) is 2.43. The molecule has 0 saturated heterocycles. The zero-order chi connectivity index (χ0) is 11.1. The predicted octanol–water partition coefficient (Wildman–Crippen LogP) is 3.53. The minimum Gasteiger partial charge on any atom is -0.372 e. The average Bonchev–Trinajstić information content (AvgIpc) is 2.24. The summed E-state index contributed by atoms with van der Waals surface area (Å²) >= 11 is 4.24. The van der Waals surface area contributed by atoms with Crippen molar-refractivity contribution in [3.05, 3.63) is 29.8 Å². The van der Waals surface area contributed by atoms with Gasteiger partial charge in [0.05, 0.1) is 0 Å². The Labute approximate surface area is 98.9 Å². The molecule has 0 aliphatic carbocycles. The van der Waals surface area contributed by atoms with Crippen molar-refractivity contribution in [3.63, 3.8) is 0 Å². The summed E-state index contributed by atoms with van der Waals surface area (Å²) in [7, 11) is 0. The van der Waals surface area contributed by atoms with Crippen LogP contribution in [0.2, 0.25) is 0 Å². The van der Waals surface area contributed by atoms with Gasteiger partial charge in [0.1, 0.15) is 0 Å². The molecule has 0 saturated carbocycles. The first-order valence-electron chi connectivity index (χ1n) is 5.70. The lowest BCUT2D eigenvalue weighted by molar-refractivity contribution is 0.737. The van der Waals surface area contributed by atoms with Gasteiger partial charge in [0.25, 0.3) is 0 Å². The van der Waals surface area contributed by atoms with E-state index in [2.05, 4.69) is 55.6 Å². The fourth-order valence-electron chi connectivity index (χ4n) is 1.71. The van der Waals surface area contributed by atoms with Crippen LogP contribution in [-0.4, -0.2) is 18.8 Å². The number of aryl methyl sites for hydroxylation is 1. The molecule has 84 valence electrons. The van der Waals surface area contributed by atoms with Crippen LogP contribution in [0.3, 0.4) is 0 Å². The zero-order valence-corrected chi connectivity index (χ0v) is 10.6. The first-order valence-corrected chi connectivity index (χ1v) is 6.33. The van der Waals surface area contributed by atoms with E-state index >= 15 is 0 Å². The Balaban J connectivity index is 2.57. The van der Waals surface area contributed by atoms with Gasteiger partial charge in [-0.2, -0.15) is 12.6 Å². The summed E-state index contributed by atoms with van der Waals surface area (Å²) in [6.45, 7) is 6.57. The van der Waals surface area contributed by atoms with Crippen LogP contribution < -0.4 is 4.90 Å². The number of anilines is 1. The number of hydrogen-bond acceptors (Lipinski definition) is 2. The standard InChI is InChI=1S/C13H21NS/c1-3-14(9-4-5-10-15)13-8-6-7-12(2)11-13/h6-8,11,15H,3-5,9-10H2,1-2H3. The molecule has 0 aliphatic heterocycles. The van der Waals surface area contributed by atoms with Gasteiger partial charge in [-0.25, -0.2) is 0 Å². The molecule has 0 heterocycles. The van der Waals surface area contributed by atoms with Crippen molar-refractivity contribution in [2.24, 2.45) is 0 Å². The van der Waals surface area contributed by atoms with Crippen LogP contribution in [0.5, 0.6) is 0 Å². The highest BCUT2D eigenvalue weighted by Crippen LogP contribution is 2.16. The van der Waals surface area contributed by atoms with Gasteiger partial charge in [-0.15, -0.1) is 0 Å². The zero-order valence-electron chi connectivity index (χ0n) is 9.74. The second kappa shape index (κ2) is 6.78. The van der Waals surface area contributed by atoms with E-state index < -0.39 is 0 Å². The van der Waals surface area contributed by atoms with Gasteiger partial charge >= 0.3 is 0 Å². The maximum Gasteiger partial charge on any atom is 0.0368 e. The molecule has 2 heteroatoms. The Morgan fingerprint density at radius 3 is 2.67 bits per heavy atom. The van der Waals surface area contributed by atoms with Crippen molar-refractivity contribution < 1.29 is 0 Å². The maximum atomic E-state index is 4.24.